The van der Waals surface area contributed by atoms with Crippen molar-refractivity contribution < 1.29 is 19.7 Å². The van der Waals surface area contributed by atoms with E-state index in [1.807, 2.05) is 43.3 Å². The van der Waals surface area contributed by atoms with Gasteiger partial charge in [0.2, 0.25) is 11.8 Å². The molecule has 6 nitrogen and oxygen atoms in total. The summed E-state index contributed by atoms with van der Waals surface area (Å²) < 4.78 is 10.8. The molecule has 0 saturated heterocycles. The number of pyridine rings is 2. The number of aryl methyl sites for hydroxylation is 1. The van der Waals surface area contributed by atoms with E-state index in [1.165, 1.54) is 16.7 Å². The Balaban J connectivity index is 1.56. The van der Waals surface area contributed by atoms with E-state index in [9.17, 15) is 10.2 Å². The van der Waals surface area contributed by atoms with Gasteiger partial charge < -0.3 is 19.7 Å². The molecule has 0 unspecified atom stereocenters. The Morgan fingerprint density at radius 1 is 0.842 bits per heavy atom. The molecule has 4 aromatic rings. The van der Waals surface area contributed by atoms with Crippen molar-refractivity contribution in [1.29, 1.82) is 0 Å². The normalized spacial score (nSPS) is 13.6. The highest BCUT2D eigenvalue weighted by atomic mass is 35.5. The Morgan fingerprint density at radius 2 is 1.55 bits per heavy atom. The zero-order valence-corrected chi connectivity index (χ0v) is 22.3. The summed E-state index contributed by atoms with van der Waals surface area (Å²) in [5, 5.41) is 19.8. The van der Waals surface area contributed by atoms with E-state index in [4.69, 9.17) is 21.1 Å². The second kappa shape index (κ2) is 11.0. The molecule has 2 aromatic heterocycles. The minimum absolute atomic E-state index is 0.119. The fourth-order valence-electron chi connectivity index (χ4n) is 5.10. The molecule has 7 heteroatoms. The van der Waals surface area contributed by atoms with E-state index in [2.05, 4.69) is 34.2 Å². The van der Waals surface area contributed by atoms with Gasteiger partial charge in [0.15, 0.2) is 0 Å². The number of halogens is 1. The molecule has 194 valence electrons. The largest absolute Gasteiger partial charge is 0.481 e. The number of ether oxygens (including phenoxy) is 2. The van der Waals surface area contributed by atoms with Gasteiger partial charge in [0.1, 0.15) is 0 Å². The standard InChI is InChI=1S/C31H29ClN2O4/c1-18-14-28(34-31(38-3)27(18)17-36)26-9-5-8-25(29(26)32)23-7-4-6-22-19(11-13-24(22)23)15-21-12-10-20(16-35)30(33-21)37-2/h4-10,12,14-15,35-36H,11,13,16-17H2,1-3H3/b19-15+. The lowest BCUT2D eigenvalue weighted by molar-refractivity contribution is 0.270. The minimum Gasteiger partial charge on any atom is -0.481 e. The minimum atomic E-state index is -0.143. The Morgan fingerprint density at radius 3 is 2.26 bits per heavy atom. The number of hydrogen-bond acceptors (Lipinski definition) is 6. The monoisotopic (exact) mass is 528 g/mol. The van der Waals surface area contributed by atoms with Crippen molar-refractivity contribution >= 4 is 23.3 Å². The van der Waals surface area contributed by atoms with Crippen molar-refractivity contribution in [2.24, 2.45) is 0 Å². The van der Waals surface area contributed by atoms with E-state index in [1.54, 1.807) is 14.2 Å². The Labute approximate surface area is 227 Å². The molecule has 1 aliphatic carbocycles. The summed E-state index contributed by atoms with van der Waals surface area (Å²) in [5.74, 6) is 0.835. The van der Waals surface area contributed by atoms with Crippen molar-refractivity contribution in [2.45, 2.75) is 33.0 Å². The van der Waals surface area contributed by atoms with E-state index < -0.39 is 0 Å². The molecule has 5 rings (SSSR count). The molecule has 0 radical (unpaired) electrons. The number of aliphatic hydroxyl groups excluding tert-OH is 2. The molecule has 0 amide bonds. The van der Waals surface area contributed by atoms with E-state index in [0.29, 0.717) is 33.6 Å². The number of nitrogens with zero attached hydrogens (tertiary/aromatic N) is 2. The van der Waals surface area contributed by atoms with Crippen molar-refractivity contribution in [1.82, 2.24) is 9.97 Å². The highest BCUT2D eigenvalue weighted by Crippen LogP contribution is 2.43. The number of aromatic nitrogens is 2. The first kappa shape index (κ1) is 25.9. The lowest BCUT2D eigenvalue weighted by Gasteiger charge is -2.15. The van der Waals surface area contributed by atoms with Crippen LogP contribution in [-0.2, 0) is 19.6 Å². The topological polar surface area (TPSA) is 84.7 Å². The highest BCUT2D eigenvalue weighted by molar-refractivity contribution is 6.36. The number of benzene rings is 2. The van der Waals surface area contributed by atoms with Gasteiger partial charge in [-0.15, -0.1) is 0 Å². The number of aliphatic hydroxyl groups is 2. The van der Waals surface area contributed by atoms with Gasteiger partial charge in [0.25, 0.3) is 0 Å². The van der Waals surface area contributed by atoms with E-state index in [0.717, 1.165) is 40.8 Å². The van der Waals surface area contributed by atoms with Crippen LogP contribution in [0.3, 0.4) is 0 Å². The fourth-order valence-corrected chi connectivity index (χ4v) is 5.42. The van der Waals surface area contributed by atoms with Gasteiger partial charge in [-0.05, 0) is 71.9 Å². The first-order valence-electron chi connectivity index (χ1n) is 12.4. The van der Waals surface area contributed by atoms with Crippen LogP contribution >= 0.6 is 11.6 Å². The van der Waals surface area contributed by atoms with Gasteiger partial charge in [-0.1, -0.05) is 48.0 Å². The smallest absolute Gasteiger partial charge is 0.219 e. The van der Waals surface area contributed by atoms with Gasteiger partial charge in [0, 0.05) is 22.3 Å². The summed E-state index contributed by atoms with van der Waals surface area (Å²) in [7, 11) is 3.11. The lowest BCUT2D eigenvalue weighted by Crippen LogP contribution is -2.00. The Bertz CT molecular complexity index is 1550. The zero-order valence-electron chi connectivity index (χ0n) is 21.6. The van der Waals surface area contributed by atoms with Crippen LogP contribution in [0.2, 0.25) is 5.02 Å². The number of allylic oxidation sites excluding steroid dienone is 1. The summed E-state index contributed by atoms with van der Waals surface area (Å²) in [6, 6.07) is 18.0. The predicted molar refractivity (Wildman–Crippen MR) is 150 cm³/mol. The van der Waals surface area contributed by atoms with Crippen LogP contribution in [0, 0.1) is 6.92 Å². The maximum absolute atomic E-state index is 9.72. The van der Waals surface area contributed by atoms with Gasteiger partial charge >= 0.3 is 0 Å². The first-order valence-corrected chi connectivity index (χ1v) is 12.8. The number of hydrogen-bond donors (Lipinski definition) is 2. The maximum atomic E-state index is 9.72. The summed E-state index contributed by atoms with van der Waals surface area (Å²) in [6.45, 7) is 1.67. The number of methoxy groups -OCH3 is 2. The van der Waals surface area contributed by atoms with Crippen LogP contribution in [0.1, 0.15) is 39.9 Å². The molecule has 0 spiro atoms. The second-order valence-electron chi connectivity index (χ2n) is 9.20. The second-order valence-corrected chi connectivity index (χ2v) is 9.58. The lowest BCUT2D eigenvalue weighted by atomic mass is 9.94. The molecule has 2 N–H and O–H groups in total. The van der Waals surface area contributed by atoms with Crippen molar-refractivity contribution in [3.8, 4) is 34.1 Å². The molecule has 38 heavy (non-hydrogen) atoms. The van der Waals surface area contributed by atoms with E-state index in [-0.39, 0.29) is 13.2 Å². The number of fused-ring (bicyclic) bond motifs is 1. The van der Waals surface area contributed by atoms with Crippen LogP contribution < -0.4 is 9.47 Å². The molecule has 0 atom stereocenters. The van der Waals surface area contributed by atoms with Crippen LogP contribution in [-0.4, -0.2) is 34.4 Å². The summed E-state index contributed by atoms with van der Waals surface area (Å²) in [4.78, 5) is 9.20. The van der Waals surface area contributed by atoms with Crippen molar-refractivity contribution in [2.75, 3.05) is 14.2 Å². The summed E-state index contributed by atoms with van der Waals surface area (Å²) in [6.07, 6.45) is 3.86. The average Bonchev–Trinajstić information content (AvgIpc) is 3.35. The van der Waals surface area contributed by atoms with Crippen molar-refractivity contribution in [3.05, 3.63) is 93.1 Å². The fraction of sp³-hybridized carbons (Fsp3) is 0.226. The molecule has 0 aliphatic heterocycles. The first-order chi connectivity index (χ1) is 18.5. The molecule has 0 bridgehead atoms. The van der Waals surface area contributed by atoms with Crippen LogP contribution in [0.4, 0.5) is 0 Å². The molecule has 1 aliphatic rings. The predicted octanol–water partition coefficient (Wildman–Crippen LogP) is 6.26. The maximum Gasteiger partial charge on any atom is 0.219 e. The zero-order chi connectivity index (χ0) is 26.8. The summed E-state index contributed by atoms with van der Waals surface area (Å²) in [5.41, 5.74) is 10.2. The molecule has 2 heterocycles. The Kier molecular flexibility index (Phi) is 7.47. The van der Waals surface area contributed by atoms with Gasteiger partial charge in [-0.25, -0.2) is 9.97 Å². The highest BCUT2D eigenvalue weighted by Gasteiger charge is 2.23. The molecule has 0 saturated carbocycles. The number of rotatable bonds is 7. The van der Waals surface area contributed by atoms with E-state index >= 15 is 0 Å². The SMILES string of the molecule is COc1nc(/C=C2\CCc3c2cccc3-c2cccc(-c3cc(C)c(CO)c(OC)n3)c2Cl)ccc1CO. The van der Waals surface area contributed by atoms with Crippen LogP contribution in [0.5, 0.6) is 11.8 Å². The van der Waals surface area contributed by atoms with Gasteiger partial charge in [-0.3, -0.25) is 0 Å². The third kappa shape index (κ3) is 4.67. The Hall–Kier alpha value is -3.71. The van der Waals surface area contributed by atoms with Gasteiger partial charge in [-0.2, -0.15) is 0 Å². The summed E-state index contributed by atoms with van der Waals surface area (Å²) >= 11 is 7.04. The average molecular weight is 529 g/mol. The quantitative estimate of drug-likeness (QED) is 0.294. The van der Waals surface area contributed by atoms with Crippen molar-refractivity contribution in [3.63, 3.8) is 0 Å². The molecule has 0 fully saturated rings. The third-order valence-electron chi connectivity index (χ3n) is 7.04. The van der Waals surface area contributed by atoms with Gasteiger partial charge in [0.05, 0.1) is 43.8 Å². The molecular formula is C31H29ClN2O4. The molecular weight excluding hydrogens is 500 g/mol. The third-order valence-corrected chi connectivity index (χ3v) is 7.45. The van der Waals surface area contributed by atoms with Crippen LogP contribution in [0.15, 0.2) is 54.6 Å². The van der Waals surface area contributed by atoms with Crippen LogP contribution in [0.25, 0.3) is 34.0 Å². The molecule has 2 aromatic carbocycles.